The second-order valence-electron chi connectivity index (χ2n) is 6.33. The third kappa shape index (κ3) is 3.93. The number of piperidine rings is 1. The Hall–Kier alpha value is -1.14. The molecular formula is C14H25N3O3. The van der Waals surface area contributed by atoms with Gasteiger partial charge in [0.15, 0.2) is 0 Å². The first kappa shape index (κ1) is 15.3. The number of rotatable bonds is 4. The van der Waals surface area contributed by atoms with Gasteiger partial charge in [-0.05, 0) is 31.6 Å². The molecule has 2 rings (SSSR count). The van der Waals surface area contributed by atoms with Gasteiger partial charge in [0.1, 0.15) is 0 Å². The van der Waals surface area contributed by atoms with Crippen molar-refractivity contribution in [2.24, 2.45) is 5.92 Å². The van der Waals surface area contributed by atoms with Crippen molar-refractivity contribution in [1.29, 1.82) is 0 Å². The van der Waals surface area contributed by atoms with Crippen molar-refractivity contribution in [3.05, 3.63) is 0 Å². The first-order chi connectivity index (χ1) is 9.45. The van der Waals surface area contributed by atoms with Gasteiger partial charge in [-0.1, -0.05) is 13.8 Å². The van der Waals surface area contributed by atoms with E-state index < -0.39 is 6.03 Å². The average molecular weight is 283 g/mol. The topological polar surface area (TPSA) is 81.7 Å². The molecule has 0 spiro atoms. The van der Waals surface area contributed by atoms with Gasteiger partial charge in [-0.3, -0.25) is 15.0 Å². The van der Waals surface area contributed by atoms with Crippen LogP contribution in [0.15, 0.2) is 0 Å². The molecule has 2 fully saturated rings. The van der Waals surface area contributed by atoms with Gasteiger partial charge in [-0.2, -0.15) is 0 Å². The molecule has 0 saturated carbocycles. The quantitative estimate of drug-likeness (QED) is 0.700. The van der Waals surface area contributed by atoms with Gasteiger partial charge in [0.05, 0.1) is 12.6 Å². The lowest BCUT2D eigenvalue weighted by molar-refractivity contribution is -0.122. The van der Waals surface area contributed by atoms with Gasteiger partial charge in [-0.15, -0.1) is 0 Å². The van der Waals surface area contributed by atoms with Crippen LogP contribution in [-0.4, -0.2) is 53.2 Å². The van der Waals surface area contributed by atoms with Gasteiger partial charge >= 0.3 is 6.03 Å². The monoisotopic (exact) mass is 283 g/mol. The maximum atomic E-state index is 11.9. The van der Waals surface area contributed by atoms with Crippen LogP contribution in [0.25, 0.3) is 0 Å². The zero-order valence-electron chi connectivity index (χ0n) is 12.3. The summed E-state index contributed by atoms with van der Waals surface area (Å²) < 4.78 is 0. The molecule has 2 heterocycles. The number of urea groups is 1. The summed E-state index contributed by atoms with van der Waals surface area (Å²) in [7, 11) is 0. The van der Waals surface area contributed by atoms with Crippen molar-refractivity contribution in [3.8, 4) is 0 Å². The van der Waals surface area contributed by atoms with Crippen LogP contribution in [0.5, 0.6) is 0 Å². The Bertz CT molecular complexity index is 359. The number of aliphatic hydroxyl groups excluding tert-OH is 1. The smallest absolute Gasteiger partial charge is 0.321 e. The molecule has 0 radical (unpaired) electrons. The van der Waals surface area contributed by atoms with Gasteiger partial charge < -0.3 is 10.4 Å². The summed E-state index contributed by atoms with van der Waals surface area (Å²) in [6.07, 6.45) is 3.32. The molecule has 3 amide bonds. The van der Waals surface area contributed by atoms with E-state index in [0.29, 0.717) is 12.5 Å². The van der Waals surface area contributed by atoms with E-state index >= 15 is 0 Å². The van der Waals surface area contributed by atoms with Crippen LogP contribution < -0.4 is 10.6 Å². The summed E-state index contributed by atoms with van der Waals surface area (Å²) in [5.41, 5.74) is 0. The zero-order chi connectivity index (χ0) is 14.7. The average Bonchev–Trinajstić information content (AvgIpc) is 2.59. The van der Waals surface area contributed by atoms with E-state index in [1.54, 1.807) is 0 Å². The molecule has 6 heteroatoms. The van der Waals surface area contributed by atoms with Gasteiger partial charge in [0, 0.05) is 18.6 Å². The highest BCUT2D eigenvalue weighted by Gasteiger charge is 2.40. The summed E-state index contributed by atoms with van der Waals surface area (Å²) >= 11 is 0. The molecule has 20 heavy (non-hydrogen) atoms. The molecule has 2 aliphatic heterocycles. The molecule has 0 aromatic carbocycles. The number of fused-ring (bicyclic) bond motifs is 2. The molecule has 2 aliphatic rings. The number of amides is 3. The van der Waals surface area contributed by atoms with Crippen molar-refractivity contribution >= 4 is 11.9 Å². The molecule has 0 aromatic heterocycles. The highest BCUT2D eigenvalue weighted by Crippen LogP contribution is 2.35. The minimum atomic E-state index is -0.423. The van der Waals surface area contributed by atoms with Gasteiger partial charge in [0.25, 0.3) is 0 Å². The van der Waals surface area contributed by atoms with Crippen LogP contribution >= 0.6 is 0 Å². The summed E-state index contributed by atoms with van der Waals surface area (Å²) in [5, 5.41) is 14.8. The number of nitrogens with zero attached hydrogens (tertiary/aromatic N) is 1. The van der Waals surface area contributed by atoms with E-state index in [0.717, 1.165) is 25.7 Å². The van der Waals surface area contributed by atoms with Crippen LogP contribution in [0.1, 0.15) is 39.5 Å². The second-order valence-corrected chi connectivity index (χ2v) is 6.33. The van der Waals surface area contributed by atoms with E-state index in [1.807, 2.05) is 13.8 Å². The largest absolute Gasteiger partial charge is 0.393 e. The predicted molar refractivity (Wildman–Crippen MR) is 75.1 cm³/mol. The van der Waals surface area contributed by atoms with Gasteiger partial charge in [-0.25, -0.2) is 4.79 Å². The molecule has 0 aliphatic carbocycles. The fraction of sp³-hybridized carbons (Fsp3) is 0.857. The van der Waals surface area contributed by atoms with Crippen molar-refractivity contribution in [2.45, 2.75) is 57.7 Å². The Morgan fingerprint density at radius 2 is 1.85 bits per heavy atom. The van der Waals surface area contributed by atoms with Crippen molar-refractivity contribution in [3.63, 3.8) is 0 Å². The minimum absolute atomic E-state index is 0.235. The summed E-state index contributed by atoms with van der Waals surface area (Å²) in [6, 6.07) is 0.148. The number of imide groups is 1. The lowest BCUT2D eigenvalue weighted by Crippen LogP contribution is -2.51. The number of nitrogens with one attached hydrogen (secondary N) is 2. The maximum Gasteiger partial charge on any atom is 0.321 e. The highest BCUT2D eigenvalue weighted by atomic mass is 16.3. The van der Waals surface area contributed by atoms with Gasteiger partial charge in [0.2, 0.25) is 5.91 Å². The predicted octanol–water partition coefficient (Wildman–Crippen LogP) is 0.456. The Balaban J connectivity index is 1.76. The van der Waals surface area contributed by atoms with E-state index in [4.69, 9.17) is 0 Å². The van der Waals surface area contributed by atoms with Crippen molar-refractivity contribution in [2.75, 3.05) is 13.1 Å². The molecule has 6 nitrogen and oxygen atoms in total. The van der Waals surface area contributed by atoms with Crippen molar-refractivity contribution in [1.82, 2.24) is 15.5 Å². The molecule has 114 valence electrons. The Labute approximate surface area is 119 Å². The number of aliphatic hydroxyl groups is 1. The first-order valence-electron chi connectivity index (χ1n) is 7.47. The van der Waals surface area contributed by atoms with E-state index in [-0.39, 0.29) is 30.6 Å². The summed E-state index contributed by atoms with van der Waals surface area (Å²) in [5.74, 6) is 0.0924. The highest BCUT2D eigenvalue weighted by molar-refractivity contribution is 5.95. The lowest BCUT2D eigenvalue weighted by Gasteiger charge is -2.36. The number of carbonyl (C=O) groups is 2. The van der Waals surface area contributed by atoms with Crippen LogP contribution in [0.3, 0.4) is 0 Å². The van der Waals surface area contributed by atoms with E-state index in [9.17, 15) is 14.7 Å². The molecule has 2 saturated heterocycles. The fourth-order valence-electron chi connectivity index (χ4n) is 3.18. The lowest BCUT2D eigenvalue weighted by atomic mass is 10.00. The van der Waals surface area contributed by atoms with Crippen LogP contribution in [0.4, 0.5) is 4.79 Å². The Morgan fingerprint density at radius 3 is 2.40 bits per heavy atom. The summed E-state index contributed by atoms with van der Waals surface area (Å²) in [6.45, 7) is 4.80. The molecule has 2 atom stereocenters. The Kier molecular flexibility index (Phi) is 4.99. The molecule has 2 unspecified atom stereocenters. The van der Waals surface area contributed by atoms with Crippen molar-refractivity contribution < 1.29 is 14.7 Å². The zero-order valence-corrected chi connectivity index (χ0v) is 12.3. The number of hydrogen-bond acceptors (Lipinski definition) is 4. The van der Waals surface area contributed by atoms with E-state index in [1.165, 1.54) is 0 Å². The SMILES string of the molecule is CC(C)CNC(=O)NC(=O)CN1C2CCC1CC(O)C2. The molecule has 2 bridgehead atoms. The number of carbonyl (C=O) groups excluding carboxylic acids is 2. The molecular weight excluding hydrogens is 258 g/mol. The standard InChI is InChI=1S/C14H25N3O3/c1-9(2)7-15-14(20)16-13(19)8-17-10-3-4-11(17)6-12(18)5-10/h9-12,18H,3-8H2,1-2H3,(H2,15,16,19,20). The second kappa shape index (κ2) is 6.54. The van der Waals surface area contributed by atoms with Crippen LogP contribution in [-0.2, 0) is 4.79 Å². The Morgan fingerprint density at radius 1 is 1.25 bits per heavy atom. The third-order valence-corrected chi connectivity index (χ3v) is 4.11. The minimum Gasteiger partial charge on any atom is -0.393 e. The normalized spacial score (nSPS) is 29.5. The van der Waals surface area contributed by atoms with E-state index in [2.05, 4.69) is 15.5 Å². The molecule has 0 aromatic rings. The maximum absolute atomic E-state index is 11.9. The summed E-state index contributed by atoms with van der Waals surface area (Å²) in [4.78, 5) is 25.6. The fourth-order valence-corrected chi connectivity index (χ4v) is 3.18. The molecule has 3 N–H and O–H groups in total. The van der Waals surface area contributed by atoms with Crippen LogP contribution in [0.2, 0.25) is 0 Å². The van der Waals surface area contributed by atoms with Crippen LogP contribution in [0, 0.1) is 5.92 Å². The third-order valence-electron chi connectivity index (χ3n) is 4.11. The first-order valence-corrected chi connectivity index (χ1v) is 7.47. The number of hydrogen-bond donors (Lipinski definition) is 3.